The Morgan fingerprint density at radius 1 is 1.20 bits per heavy atom. The fourth-order valence-electron chi connectivity index (χ4n) is 3.06. The first-order valence-electron chi connectivity index (χ1n) is 10.5. The topological polar surface area (TPSA) is 174 Å². The zero-order valence-electron chi connectivity index (χ0n) is 18.7. The highest BCUT2D eigenvalue weighted by atomic mass is 31.2. The predicted octanol–water partition coefficient (Wildman–Crippen LogP) is 3.23. The first kappa shape index (κ1) is 24.5. The minimum atomic E-state index is -1.50. The standard InChI is InChI=1S/C21H23N6O7P/c1-14-2-4-15(5-3-14)10-32-35(33-11-16-6-7-17(34-16)27(29)30)13-31-9-8-26-12-23-18-19(26)24-21(22)25-20(18)28/h2-7,12H,8-11,13H2,1H3,(H3,22,24,25,28). The number of anilines is 1. The molecule has 13 nitrogen and oxygen atoms in total. The number of aromatic amines is 1. The molecule has 3 heterocycles. The maximum Gasteiger partial charge on any atom is 0.433 e. The minimum absolute atomic E-state index is 0.00441. The van der Waals surface area contributed by atoms with E-state index in [0.717, 1.165) is 11.1 Å². The molecule has 0 saturated carbocycles. The van der Waals surface area contributed by atoms with Gasteiger partial charge in [-0.25, -0.2) is 4.98 Å². The van der Waals surface area contributed by atoms with Gasteiger partial charge in [0.1, 0.15) is 23.6 Å². The Bertz CT molecular complexity index is 1350. The van der Waals surface area contributed by atoms with Gasteiger partial charge in [-0.15, -0.1) is 0 Å². The summed E-state index contributed by atoms with van der Waals surface area (Å²) in [7, 11) is -1.50. The number of ether oxygens (including phenoxy) is 1. The molecule has 4 rings (SSSR count). The van der Waals surface area contributed by atoms with Gasteiger partial charge in [0, 0.05) is 6.54 Å². The molecule has 184 valence electrons. The van der Waals surface area contributed by atoms with Gasteiger partial charge in [-0.05, 0) is 18.6 Å². The van der Waals surface area contributed by atoms with E-state index in [1.807, 2.05) is 31.2 Å². The summed E-state index contributed by atoms with van der Waals surface area (Å²) in [5.74, 6) is -0.0444. The molecule has 0 radical (unpaired) electrons. The molecular weight excluding hydrogens is 479 g/mol. The number of nitro groups is 1. The van der Waals surface area contributed by atoms with Crippen LogP contribution in [0.25, 0.3) is 11.2 Å². The van der Waals surface area contributed by atoms with Crippen molar-refractivity contribution in [3.8, 4) is 0 Å². The monoisotopic (exact) mass is 502 g/mol. The van der Waals surface area contributed by atoms with Crippen molar-refractivity contribution in [2.24, 2.45) is 0 Å². The Hall–Kier alpha value is -3.64. The van der Waals surface area contributed by atoms with E-state index >= 15 is 0 Å². The van der Waals surface area contributed by atoms with E-state index in [4.69, 9.17) is 23.9 Å². The second-order valence-electron chi connectivity index (χ2n) is 7.46. The summed E-state index contributed by atoms with van der Waals surface area (Å²) < 4.78 is 24.3. The summed E-state index contributed by atoms with van der Waals surface area (Å²) in [6.07, 6.45) is 1.64. The molecule has 35 heavy (non-hydrogen) atoms. The fourth-order valence-corrected chi connectivity index (χ4v) is 4.12. The number of benzene rings is 1. The third-order valence-corrected chi connectivity index (χ3v) is 6.07. The van der Waals surface area contributed by atoms with Crippen LogP contribution in [0.5, 0.6) is 0 Å². The Kier molecular flexibility index (Phi) is 7.83. The normalized spacial score (nSPS) is 12.3. The molecule has 3 aromatic heterocycles. The molecule has 0 amide bonds. The zero-order chi connectivity index (χ0) is 24.8. The lowest BCUT2D eigenvalue weighted by Crippen LogP contribution is -2.13. The Morgan fingerprint density at radius 3 is 2.71 bits per heavy atom. The average Bonchev–Trinajstić information content (AvgIpc) is 3.46. The fraction of sp³-hybridized carbons (Fsp3) is 0.286. The number of fused-ring (bicyclic) bond motifs is 1. The third kappa shape index (κ3) is 6.49. The molecule has 0 aliphatic rings. The lowest BCUT2D eigenvalue weighted by Gasteiger charge is -2.17. The minimum Gasteiger partial charge on any atom is -0.403 e. The van der Waals surface area contributed by atoms with Crippen molar-refractivity contribution < 1.29 is 23.1 Å². The predicted molar refractivity (Wildman–Crippen MR) is 126 cm³/mol. The van der Waals surface area contributed by atoms with Crippen molar-refractivity contribution in [2.75, 3.05) is 18.7 Å². The largest absolute Gasteiger partial charge is 0.433 e. The third-order valence-electron chi connectivity index (χ3n) is 4.84. The van der Waals surface area contributed by atoms with E-state index < -0.39 is 18.9 Å². The van der Waals surface area contributed by atoms with Crippen molar-refractivity contribution in [1.82, 2.24) is 19.5 Å². The van der Waals surface area contributed by atoms with Crippen molar-refractivity contribution in [1.29, 1.82) is 0 Å². The summed E-state index contributed by atoms with van der Waals surface area (Å²) in [5.41, 5.74) is 7.88. The van der Waals surface area contributed by atoms with Crippen LogP contribution in [0.15, 0.2) is 51.9 Å². The quantitative estimate of drug-likeness (QED) is 0.127. The summed E-state index contributed by atoms with van der Waals surface area (Å²) in [4.78, 5) is 32.7. The van der Waals surface area contributed by atoms with Crippen molar-refractivity contribution >= 4 is 31.4 Å². The number of rotatable bonds is 12. The molecular formula is C21H23N6O7P. The maximum absolute atomic E-state index is 11.9. The van der Waals surface area contributed by atoms with Gasteiger partial charge in [-0.1, -0.05) is 29.8 Å². The number of aryl methyl sites for hydroxylation is 1. The van der Waals surface area contributed by atoms with Gasteiger partial charge in [-0.3, -0.25) is 19.9 Å². The van der Waals surface area contributed by atoms with Crippen LogP contribution in [0.3, 0.4) is 0 Å². The molecule has 1 atom stereocenters. The highest BCUT2D eigenvalue weighted by Crippen LogP contribution is 2.40. The van der Waals surface area contributed by atoms with Crippen LogP contribution in [0, 0.1) is 17.0 Å². The van der Waals surface area contributed by atoms with Crippen LogP contribution in [-0.4, -0.2) is 37.4 Å². The van der Waals surface area contributed by atoms with Crippen LogP contribution in [0.1, 0.15) is 16.9 Å². The van der Waals surface area contributed by atoms with Crippen LogP contribution in [-0.2, 0) is 33.5 Å². The average molecular weight is 502 g/mol. The summed E-state index contributed by atoms with van der Waals surface area (Å²) >= 11 is 0. The number of furan rings is 1. The highest BCUT2D eigenvalue weighted by Gasteiger charge is 2.17. The number of imidazole rings is 1. The van der Waals surface area contributed by atoms with Gasteiger partial charge in [0.05, 0.1) is 25.6 Å². The molecule has 0 aliphatic heterocycles. The van der Waals surface area contributed by atoms with E-state index in [2.05, 4.69) is 15.0 Å². The van der Waals surface area contributed by atoms with Crippen LogP contribution < -0.4 is 11.3 Å². The summed E-state index contributed by atoms with van der Waals surface area (Å²) in [6.45, 7) is 2.95. The zero-order valence-corrected chi connectivity index (χ0v) is 19.6. The molecule has 1 unspecified atom stereocenters. The summed E-state index contributed by atoms with van der Waals surface area (Å²) in [6, 6.07) is 10.7. The van der Waals surface area contributed by atoms with Gasteiger partial charge >= 0.3 is 5.88 Å². The van der Waals surface area contributed by atoms with Crippen molar-refractivity contribution in [3.05, 3.63) is 80.1 Å². The molecule has 14 heteroatoms. The number of H-pyrrole nitrogens is 1. The Labute approximate surface area is 199 Å². The van der Waals surface area contributed by atoms with E-state index in [9.17, 15) is 14.9 Å². The number of aromatic nitrogens is 4. The van der Waals surface area contributed by atoms with Gasteiger partial charge in [0.2, 0.25) is 5.95 Å². The molecule has 0 spiro atoms. The molecule has 0 saturated heterocycles. The molecule has 0 aliphatic carbocycles. The molecule has 0 fully saturated rings. The van der Waals surface area contributed by atoms with Gasteiger partial charge in [-0.2, -0.15) is 4.98 Å². The van der Waals surface area contributed by atoms with E-state index in [1.165, 1.54) is 18.5 Å². The molecule has 4 aromatic rings. The molecule has 3 N–H and O–H groups in total. The first-order valence-corrected chi connectivity index (χ1v) is 11.9. The van der Waals surface area contributed by atoms with E-state index in [1.54, 1.807) is 4.57 Å². The number of nitrogens with two attached hydrogens (primary N) is 1. The van der Waals surface area contributed by atoms with Gasteiger partial charge < -0.3 is 28.5 Å². The highest BCUT2D eigenvalue weighted by molar-refractivity contribution is 7.46. The number of nitrogen functional groups attached to an aromatic ring is 1. The first-order chi connectivity index (χ1) is 16.9. The lowest BCUT2D eigenvalue weighted by atomic mass is 10.2. The summed E-state index contributed by atoms with van der Waals surface area (Å²) in [5, 5.41) is 10.8. The van der Waals surface area contributed by atoms with Gasteiger partial charge in [0.25, 0.3) is 5.56 Å². The second-order valence-corrected chi connectivity index (χ2v) is 8.90. The Balaban J connectivity index is 1.34. The number of nitrogens with zero attached hydrogens (tertiary/aromatic N) is 4. The second kappa shape index (κ2) is 11.2. The molecule has 1 aromatic carbocycles. The van der Waals surface area contributed by atoms with Crippen molar-refractivity contribution in [2.45, 2.75) is 26.7 Å². The van der Waals surface area contributed by atoms with E-state index in [0.29, 0.717) is 24.6 Å². The Morgan fingerprint density at radius 2 is 1.97 bits per heavy atom. The van der Waals surface area contributed by atoms with Crippen LogP contribution >= 0.6 is 8.38 Å². The van der Waals surface area contributed by atoms with Crippen LogP contribution in [0.4, 0.5) is 11.8 Å². The van der Waals surface area contributed by atoms with E-state index in [-0.39, 0.29) is 36.9 Å². The lowest BCUT2D eigenvalue weighted by molar-refractivity contribution is -0.402. The maximum atomic E-state index is 11.9. The number of hydrogen-bond donors (Lipinski definition) is 2. The van der Waals surface area contributed by atoms with Gasteiger partial charge in [0.15, 0.2) is 19.5 Å². The van der Waals surface area contributed by atoms with Crippen LogP contribution in [0.2, 0.25) is 0 Å². The SMILES string of the molecule is Cc1ccc(COP(COCCn2cnc3c(=O)[nH]c(N)nc32)OCc2ccc([N+](=O)[O-])o2)cc1. The number of nitrogens with one attached hydrogen (secondary N) is 1. The number of hydrogen-bond acceptors (Lipinski definition) is 10. The smallest absolute Gasteiger partial charge is 0.403 e. The molecule has 0 bridgehead atoms. The van der Waals surface area contributed by atoms with Crippen molar-refractivity contribution in [3.63, 3.8) is 0 Å².